The topological polar surface area (TPSA) is 89.3 Å². The molecule has 1 aliphatic rings. The minimum Gasteiger partial charge on any atom is -0.480 e. The average Bonchev–Trinajstić information content (AvgIpc) is 2.49. The SMILES string of the molecule is CNC1CCC(Nc2nc(OC)c(C(N)=O)cc2F)CC1. The molecule has 6 nitrogen and oxygen atoms in total. The number of nitrogens with one attached hydrogen (secondary N) is 2. The third kappa shape index (κ3) is 3.60. The molecule has 0 aromatic carbocycles. The minimum absolute atomic E-state index is 0.0373. The van der Waals surface area contributed by atoms with Gasteiger partial charge in [-0.25, -0.2) is 4.39 Å². The van der Waals surface area contributed by atoms with Crippen LogP contribution >= 0.6 is 0 Å². The summed E-state index contributed by atoms with van der Waals surface area (Å²) in [6.45, 7) is 0. The van der Waals surface area contributed by atoms with Crippen LogP contribution in [0.25, 0.3) is 0 Å². The number of amides is 1. The van der Waals surface area contributed by atoms with Gasteiger partial charge < -0.3 is 21.1 Å². The first-order valence-electron chi connectivity index (χ1n) is 7.03. The quantitative estimate of drug-likeness (QED) is 0.761. The number of halogens is 1. The van der Waals surface area contributed by atoms with Gasteiger partial charge in [-0.05, 0) is 38.8 Å². The van der Waals surface area contributed by atoms with Gasteiger partial charge in [0.05, 0.1) is 7.11 Å². The summed E-state index contributed by atoms with van der Waals surface area (Å²) in [7, 11) is 3.32. The molecule has 4 N–H and O–H groups in total. The Morgan fingerprint density at radius 3 is 2.52 bits per heavy atom. The van der Waals surface area contributed by atoms with E-state index < -0.39 is 11.7 Å². The van der Waals surface area contributed by atoms with Crippen LogP contribution in [0.5, 0.6) is 5.88 Å². The van der Waals surface area contributed by atoms with E-state index in [2.05, 4.69) is 15.6 Å². The maximum atomic E-state index is 14.0. The molecule has 21 heavy (non-hydrogen) atoms. The summed E-state index contributed by atoms with van der Waals surface area (Å²) in [4.78, 5) is 15.2. The number of aromatic nitrogens is 1. The van der Waals surface area contributed by atoms with Crippen LogP contribution < -0.4 is 21.1 Å². The zero-order valence-corrected chi connectivity index (χ0v) is 12.3. The standard InChI is InChI=1S/C14H21FN4O2/c1-17-8-3-5-9(6-4-8)18-13-11(15)7-10(12(16)20)14(19-13)21-2/h7-9,17H,3-6H2,1-2H3,(H2,16,20)(H,18,19). The summed E-state index contributed by atoms with van der Waals surface area (Å²) in [6.07, 6.45) is 3.94. The molecule has 1 fully saturated rings. The first kappa shape index (κ1) is 15.5. The summed E-state index contributed by atoms with van der Waals surface area (Å²) in [5, 5.41) is 6.34. The number of nitrogens with zero attached hydrogens (tertiary/aromatic N) is 1. The number of hydrogen-bond donors (Lipinski definition) is 3. The van der Waals surface area contributed by atoms with Crippen molar-refractivity contribution in [1.29, 1.82) is 0 Å². The molecule has 1 aromatic rings. The van der Waals surface area contributed by atoms with Gasteiger partial charge in [-0.2, -0.15) is 4.98 Å². The molecule has 0 bridgehead atoms. The lowest BCUT2D eigenvalue weighted by Crippen LogP contribution is -2.35. The van der Waals surface area contributed by atoms with Crippen molar-refractivity contribution in [2.75, 3.05) is 19.5 Å². The van der Waals surface area contributed by atoms with Crippen LogP contribution in [0.2, 0.25) is 0 Å². The number of ether oxygens (including phenoxy) is 1. The highest BCUT2D eigenvalue weighted by molar-refractivity contribution is 5.95. The second-order valence-corrected chi connectivity index (χ2v) is 5.22. The van der Waals surface area contributed by atoms with Crippen LogP contribution in [0.15, 0.2) is 6.07 Å². The molecule has 1 heterocycles. The van der Waals surface area contributed by atoms with Gasteiger partial charge in [-0.1, -0.05) is 0 Å². The van der Waals surface area contributed by atoms with Crippen LogP contribution in [0.3, 0.4) is 0 Å². The number of nitrogens with two attached hydrogens (primary N) is 1. The fraction of sp³-hybridized carbons (Fsp3) is 0.571. The second-order valence-electron chi connectivity index (χ2n) is 5.22. The van der Waals surface area contributed by atoms with Gasteiger partial charge in [0.2, 0.25) is 5.88 Å². The van der Waals surface area contributed by atoms with E-state index in [0.717, 1.165) is 31.7 Å². The normalized spacial score (nSPS) is 21.9. The largest absolute Gasteiger partial charge is 0.480 e. The number of hydrogen-bond acceptors (Lipinski definition) is 5. The van der Waals surface area contributed by atoms with Gasteiger partial charge in [-0.15, -0.1) is 0 Å². The smallest absolute Gasteiger partial charge is 0.254 e. The molecule has 1 amide bonds. The van der Waals surface area contributed by atoms with E-state index in [4.69, 9.17) is 10.5 Å². The van der Waals surface area contributed by atoms with Gasteiger partial charge in [0.15, 0.2) is 11.6 Å². The van der Waals surface area contributed by atoms with E-state index in [1.165, 1.54) is 7.11 Å². The van der Waals surface area contributed by atoms with Crippen molar-refractivity contribution < 1.29 is 13.9 Å². The molecule has 0 saturated heterocycles. The third-order valence-electron chi connectivity index (χ3n) is 3.88. The fourth-order valence-electron chi connectivity index (χ4n) is 2.63. The number of pyridine rings is 1. The van der Waals surface area contributed by atoms with E-state index in [1.807, 2.05) is 7.05 Å². The Balaban J connectivity index is 2.12. The van der Waals surface area contributed by atoms with Crippen LogP contribution in [-0.4, -0.2) is 37.1 Å². The molecule has 1 saturated carbocycles. The Bertz CT molecular complexity index is 516. The Morgan fingerprint density at radius 2 is 2.00 bits per heavy atom. The van der Waals surface area contributed by atoms with Crippen LogP contribution in [0, 0.1) is 5.82 Å². The number of carbonyl (C=O) groups excluding carboxylic acids is 1. The lowest BCUT2D eigenvalue weighted by atomic mass is 9.91. The molecule has 0 radical (unpaired) electrons. The number of rotatable bonds is 5. The lowest BCUT2D eigenvalue weighted by Gasteiger charge is -2.29. The summed E-state index contributed by atoms with van der Waals surface area (Å²) < 4.78 is 19.0. The number of primary amides is 1. The van der Waals surface area contributed by atoms with Crippen LogP contribution in [0.4, 0.5) is 10.2 Å². The van der Waals surface area contributed by atoms with Gasteiger partial charge in [0.25, 0.3) is 5.91 Å². The van der Waals surface area contributed by atoms with Gasteiger partial charge >= 0.3 is 0 Å². The first-order valence-corrected chi connectivity index (χ1v) is 7.03. The average molecular weight is 296 g/mol. The molecular formula is C14H21FN4O2. The van der Waals surface area contributed by atoms with Crippen molar-refractivity contribution in [3.8, 4) is 5.88 Å². The Hall–Kier alpha value is -1.89. The van der Waals surface area contributed by atoms with E-state index in [0.29, 0.717) is 6.04 Å². The molecule has 116 valence electrons. The monoisotopic (exact) mass is 296 g/mol. The maximum absolute atomic E-state index is 14.0. The molecule has 0 atom stereocenters. The number of anilines is 1. The van der Waals surface area contributed by atoms with E-state index >= 15 is 0 Å². The first-order chi connectivity index (χ1) is 10.0. The summed E-state index contributed by atoms with van der Waals surface area (Å²) in [5.74, 6) is -1.22. The second kappa shape index (κ2) is 6.71. The summed E-state index contributed by atoms with van der Waals surface area (Å²) in [5.41, 5.74) is 5.11. The Labute approximate surface area is 123 Å². The van der Waals surface area contributed by atoms with Gasteiger partial charge in [0.1, 0.15) is 5.56 Å². The molecule has 0 unspecified atom stereocenters. The van der Waals surface area contributed by atoms with Crippen molar-refractivity contribution in [3.63, 3.8) is 0 Å². The lowest BCUT2D eigenvalue weighted by molar-refractivity contribution is 0.0996. The maximum Gasteiger partial charge on any atom is 0.254 e. The van der Waals surface area contributed by atoms with Crippen molar-refractivity contribution >= 4 is 11.7 Å². The third-order valence-corrected chi connectivity index (χ3v) is 3.88. The molecular weight excluding hydrogens is 275 g/mol. The predicted octanol–water partition coefficient (Wildman–Crippen LogP) is 1.27. The van der Waals surface area contributed by atoms with Crippen molar-refractivity contribution in [3.05, 3.63) is 17.4 Å². The van der Waals surface area contributed by atoms with Crippen molar-refractivity contribution in [2.45, 2.75) is 37.8 Å². The van der Waals surface area contributed by atoms with E-state index in [-0.39, 0.29) is 23.3 Å². The van der Waals surface area contributed by atoms with Gasteiger partial charge in [-0.3, -0.25) is 4.79 Å². The molecule has 7 heteroatoms. The zero-order valence-electron chi connectivity index (χ0n) is 12.3. The molecule has 2 rings (SSSR count). The molecule has 0 spiro atoms. The highest BCUT2D eigenvalue weighted by atomic mass is 19.1. The van der Waals surface area contributed by atoms with E-state index in [9.17, 15) is 9.18 Å². The number of methoxy groups -OCH3 is 1. The summed E-state index contributed by atoms with van der Waals surface area (Å²) >= 11 is 0. The fourth-order valence-corrected chi connectivity index (χ4v) is 2.63. The molecule has 0 aliphatic heterocycles. The highest BCUT2D eigenvalue weighted by Crippen LogP contribution is 2.26. The minimum atomic E-state index is -0.765. The number of carbonyl (C=O) groups is 1. The summed E-state index contributed by atoms with van der Waals surface area (Å²) in [6, 6.07) is 1.75. The molecule has 1 aromatic heterocycles. The van der Waals surface area contributed by atoms with Crippen LogP contribution in [-0.2, 0) is 0 Å². The predicted molar refractivity (Wildman–Crippen MR) is 78.0 cm³/mol. The zero-order chi connectivity index (χ0) is 15.4. The van der Waals surface area contributed by atoms with Gasteiger partial charge in [0, 0.05) is 12.1 Å². The van der Waals surface area contributed by atoms with Crippen molar-refractivity contribution in [2.24, 2.45) is 5.73 Å². The molecule has 1 aliphatic carbocycles. The Kier molecular flexibility index (Phi) is 4.95. The van der Waals surface area contributed by atoms with Crippen LogP contribution in [0.1, 0.15) is 36.0 Å². The Morgan fingerprint density at radius 1 is 1.38 bits per heavy atom. The highest BCUT2D eigenvalue weighted by Gasteiger charge is 2.22. The van der Waals surface area contributed by atoms with E-state index in [1.54, 1.807) is 0 Å². The van der Waals surface area contributed by atoms with Crippen molar-refractivity contribution in [1.82, 2.24) is 10.3 Å².